The van der Waals surface area contributed by atoms with Gasteiger partial charge in [-0.15, -0.1) is 0 Å². The topological polar surface area (TPSA) is 44.9 Å². The van der Waals surface area contributed by atoms with Gasteiger partial charge in [-0.05, 0) is 54.8 Å². The number of nitriles is 1. The predicted molar refractivity (Wildman–Crippen MR) is 103 cm³/mol. The molecular formula is C18H19ClN4S2. The second kappa shape index (κ2) is 7.24. The molecule has 3 atom stereocenters. The third-order valence-electron chi connectivity index (χ3n) is 5.02. The summed E-state index contributed by atoms with van der Waals surface area (Å²) in [6.07, 6.45) is 6.42. The van der Waals surface area contributed by atoms with Crippen molar-refractivity contribution in [1.29, 1.82) is 5.26 Å². The van der Waals surface area contributed by atoms with Crippen LogP contribution < -0.4 is 0 Å². The van der Waals surface area contributed by atoms with E-state index in [1.54, 1.807) is 11.9 Å². The van der Waals surface area contributed by atoms with Crippen molar-refractivity contribution >= 4 is 35.3 Å². The quantitative estimate of drug-likeness (QED) is 0.721. The number of aromatic nitrogens is 2. The van der Waals surface area contributed by atoms with Gasteiger partial charge < -0.3 is 4.57 Å². The van der Waals surface area contributed by atoms with E-state index in [9.17, 15) is 0 Å². The van der Waals surface area contributed by atoms with E-state index < -0.39 is 0 Å². The van der Waals surface area contributed by atoms with Gasteiger partial charge in [0.15, 0.2) is 5.16 Å². The van der Waals surface area contributed by atoms with E-state index in [4.69, 9.17) is 16.9 Å². The number of halogens is 1. The first-order chi connectivity index (χ1) is 12.1. The second-order valence-electron chi connectivity index (χ2n) is 6.74. The molecule has 2 fully saturated rings. The van der Waals surface area contributed by atoms with Crippen LogP contribution in [0.1, 0.15) is 18.4 Å². The van der Waals surface area contributed by atoms with E-state index in [-0.39, 0.29) is 0 Å². The zero-order valence-corrected chi connectivity index (χ0v) is 16.3. The van der Waals surface area contributed by atoms with E-state index in [0.717, 1.165) is 35.0 Å². The van der Waals surface area contributed by atoms with Gasteiger partial charge in [0.1, 0.15) is 6.07 Å². The number of rotatable bonds is 4. The van der Waals surface area contributed by atoms with Gasteiger partial charge in [-0.25, -0.2) is 9.29 Å². The molecule has 4 nitrogen and oxygen atoms in total. The number of nitrogens with zero attached hydrogens (tertiary/aromatic N) is 4. The molecule has 1 aromatic carbocycles. The molecule has 2 heterocycles. The van der Waals surface area contributed by atoms with Crippen LogP contribution in [0.3, 0.4) is 0 Å². The largest absolute Gasteiger partial charge is 0.329 e. The lowest BCUT2D eigenvalue weighted by atomic mass is 10.0. The van der Waals surface area contributed by atoms with E-state index in [0.29, 0.717) is 15.8 Å². The summed E-state index contributed by atoms with van der Waals surface area (Å²) in [5, 5.41) is 11.5. The summed E-state index contributed by atoms with van der Waals surface area (Å²) in [7, 11) is 2.06. The number of imidazole rings is 1. The van der Waals surface area contributed by atoms with Crippen molar-refractivity contribution in [2.75, 3.05) is 13.1 Å². The summed E-state index contributed by atoms with van der Waals surface area (Å²) in [5.74, 6) is 1.54. The van der Waals surface area contributed by atoms with Crippen molar-refractivity contribution in [3.8, 4) is 6.07 Å². The lowest BCUT2D eigenvalue weighted by molar-refractivity contribution is 0.494. The molecule has 0 spiro atoms. The second-order valence-corrected chi connectivity index (χ2v) is 9.59. The van der Waals surface area contributed by atoms with Crippen molar-refractivity contribution < 1.29 is 0 Å². The number of hydrogen-bond donors (Lipinski definition) is 0. The Bertz CT molecular complexity index is 802. The average molecular weight is 391 g/mol. The molecule has 1 aromatic heterocycles. The van der Waals surface area contributed by atoms with Crippen LogP contribution in [-0.4, -0.2) is 32.2 Å². The number of hydrogen-bond acceptors (Lipinski definition) is 5. The summed E-state index contributed by atoms with van der Waals surface area (Å²) in [6, 6.07) is 7.87. The molecule has 0 bridgehead atoms. The van der Waals surface area contributed by atoms with Crippen LogP contribution in [0, 0.1) is 23.2 Å². The van der Waals surface area contributed by atoms with E-state index in [1.165, 1.54) is 12.8 Å². The standard InChI is InChI=1S/C18H19ClN4S2/c1-22-5-4-21-18(22)24-16-7-13-10-23(11-14(13)8-16)25-15-2-3-17(19)12(6-15)9-20/h2-6,13-14,16H,7-8,10-11H2,1H3/t13-,14+,16+. The van der Waals surface area contributed by atoms with Gasteiger partial charge >= 0.3 is 0 Å². The molecule has 4 rings (SSSR count). The maximum absolute atomic E-state index is 9.12. The van der Waals surface area contributed by atoms with Crippen LogP contribution in [0.2, 0.25) is 5.02 Å². The van der Waals surface area contributed by atoms with Gasteiger partial charge in [0.2, 0.25) is 0 Å². The molecular weight excluding hydrogens is 372 g/mol. The average Bonchev–Trinajstić information content (AvgIpc) is 3.25. The molecule has 1 aliphatic heterocycles. The van der Waals surface area contributed by atoms with Crippen LogP contribution in [-0.2, 0) is 7.05 Å². The van der Waals surface area contributed by atoms with Crippen molar-refractivity contribution in [1.82, 2.24) is 13.9 Å². The van der Waals surface area contributed by atoms with E-state index >= 15 is 0 Å². The SMILES string of the molecule is Cn1ccnc1S[C@H]1C[C@@H]2CN(Sc3ccc(Cl)c(C#N)c3)C[C@@H]2C1. The van der Waals surface area contributed by atoms with Crippen molar-refractivity contribution in [2.24, 2.45) is 18.9 Å². The fourth-order valence-electron chi connectivity index (χ4n) is 3.78. The van der Waals surface area contributed by atoms with Crippen LogP contribution in [0.25, 0.3) is 0 Å². The fourth-order valence-corrected chi connectivity index (χ4v) is 6.41. The number of benzene rings is 1. The molecule has 1 saturated heterocycles. The van der Waals surface area contributed by atoms with Crippen LogP contribution >= 0.6 is 35.3 Å². The van der Waals surface area contributed by atoms with Crippen LogP contribution in [0.4, 0.5) is 0 Å². The van der Waals surface area contributed by atoms with Gasteiger partial charge in [-0.2, -0.15) is 5.26 Å². The summed E-state index contributed by atoms with van der Waals surface area (Å²) in [6.45, 7) is 2.24. The highest BCUT2D eigenvalue weighted by Gasteiger charge is 2.41. The number of fused-ring (bicyclic) bond motifs is 1. The first kappa shape index (κ1) is 17.3. The van der Waals surface area contributed by atoms with Crippen molar-refractivity contribution in [3.63, 3.8) is 0 Å². The lowest BCUT2D eigenvalue weighted by Gasteiger charge is -2.17. The highest BCUT2D eigenvalue weighted by atomic mass is 35.5. The predicted octanol–water partition coefficient (Wildman–Crippen LogP) is 4.45. The molecule has 0 N–H and O–H groups in total. The summed E-state index contributed by atoms with van der Waals surface area (Å²) >= 11 is 9.71. The minimum Gasteiger partial charge on any atom is -0.329 e. The minimum absolute atomic E-state index is 0.527. The maximum atomic E-state index is 9.12. The zero-order valence-electron chi connectivity index (χ0n) is 13.9. The molecule has 130 valence electrons. The van der Waals surface area contributed by atoms with Gasteiger partial charge in [0.05, 0.1) is 10.6 Å². The molecule has 0 amide bonds. The molecule has 1 saturated carbocycles. The Balaban J connectivity index is 1.34. The Morgan fingerprint density at radius 2 is 2.04 bits per heavy atom. The van der Waals surface area contributed by atoms with E-state index in [2.05, 4.69) is 27.0 Å². The molecule has 7 heteroatoms. The zero-order chi connectivity index (χ0) is 17.4. The Morgan fingerprint density at radius 3 is 2.68 bits per heavy atom. The highest BCUT2D eigenvalue weighted by Crippen LogP contribution is 2.46. The van der Waals surface area contributed by atoms with Gasteiger partial charge in [-0.1, -0.05) is 23.4 Å². The Hall–Kier alpha value is -1.13. The van der Waals surface area contributed by atoms with Gasteiger partial charge in [0.25, 0.3) is 0 Å². The first-order valence-electron chi connectivity index (χ1n) is 8.39. The van der Waals surface area contributed by atoms with E-state index in [1.807, 2.05) is 42.4 Å². The molecule has 2 aromatic rings. The minimum atomic E-state index is 0.527. The Morgan fingerprint density at radius 1 is 1.28 bits per heavy atom. The number of thioether (sulfide) groups is 1. The van der Waals surface area contributed by atoms with Crippen molar-refractivity contribution in [2.45, 2.75) is 28.1 Å². The molecule has 2 aliphatic rings. The summed E-state index contributed by atoms with van der Waals surface area (Å²) in [5.41, 5.74) is 0.553. The highest BCUT2D eigenvalue weighted by molar-refractivity contribution is 7.99. The smallest absolute Gasteiger partial charge is 0.167 e. The van der Waals surface area contributed by atoms with Gasteiger partial charge in [0, 0.05) is 42.7 Å². The summed E-state index contributed by atoms with van der Waals surface area (Å²) in [4.78, 5) is 5.54. The normalized spacial score (nSPS) is 25.9. The number of aryl methyl sites for hydroxylation is 1. The Labute approximate surface area is 161 Å². The third kappa shape index (κ3) is 3.70. The van der Waals surface area contributed by atoms with Gasteiger partial charge in [-0.3, -0.25) is 0 Å². The molecule has 1 aliphatic carbocycles. The van der Waals surface area contributed by atoms with Crippen LogP contribution in [0.15, 0.2) is 40.6 Å². The van der Waals surface area contributed by atoms with Crippen LogP contribution in [0.5, 0.6) is 0 Å². The first-order valence-corrected chi connectivity index (χ1v) is 10.4. The molecule has 25 heavy (non-hydrogen) atoms. The monoisotopic (exact) mass is 390 g/mol. The fraction of sp³-hybridized carbons (Fsp3) is 0.444. The molecule has 0 unspecified atom stereocenters. The lowest BCUT2D eigenvalue weighted by Crippen LogP contribution is -2.15. The Kier molecular flexibility index (Phi) is 5.01. The summed E-state index contributed by atoms with van der Waals surface area (Å²) < 4.78 is 4.55. The maximum Gasteiger partial charge on any atom is 0.167 e. The third-order valence-corrected chi connectivity index (χ3v) is 7.69. The van der Waals surface area contributed by atoms with Crippen molar-refractivity contribution in [3.05, 3.63) is 41.2 Å². The molecule has 0 radical (unpaired) electrons.